The molecule has 0 saturated carbocycles. The molecule has 0 aliphatic rings. The molecule has 0 bridgehead atoms. The number of hydrogen-bond donors (Lipinski definition) is 2. The Morgan fingerprint density at radius 2 is 1.89 bits per heavy atom. The predicted octanol–water partition coefficient (Wildman–Crippen LogP) is 1.32. The number of benzene rings is 1. The fourth-order valence-electron chi connectivity index (χ4n) is 1.85. The third-order valence-corrected chi connectivity index (χ3v) is 4.19. The minimum atomic E-state index is -3.38. The first-order valence-electron chi connectivity index (χ1n) is 5.67. The van der Waals surface area contributed by atoms with E-state index in [2.05, 4.69) is 4.72 Å². The van der Waals surface area contributed by atoms with Crippen LogP contribution in [0.5, 0.6) is 5.75 Å². The van der Waals surface area contributed by atoms with E-state index in [0.717, 1.165) is 22.4 Å². The molecule has 5 nitrogen and oxygen atoms in total. The van der Waals surface area contributed by atoms with Crippen LogP contribution in [0, 0.1) is 20.8 Å². The predicted molar refractivity (Wildman–Crippen MR) is 73.7 cm³/mol. The molecule has 1 rings (SSSR count). The molecular weight excluding hydrogens is 252 g/mol. The molecule has 3 N–H and O–H groups in total. The van der Waals surface area contributed by atoms with E-state index in [1.54, 1.807) is 13.2 Å². The summed E-state index contributed by atoms with van der Waals surface area (Å²) in [5.74, 6) is 0.700. The van der Waals surface area contributed by atoms with Crippen LogP contribution in [0.4, 0.5) is 5.69 Å². The highest BCUT2D eigenvalue weighted by atomic mass is 32.2. The van der Waals surface area contributed by atoms with E-state index >= 15 is 0 Å². The van der Waals surface area contributed by atoms with Crippen LogP contribution in [0.1, 0.15) is 16.7 Å². The summed E-state index contributed by atoms with van der Waals surface area (Å²) in [6, 6.07) is 1.77. The van der Waals surface area contributed by atoms with Crippen molar-refractivity contribution < 1.29 is 13.2 Å². The molecule has 6 heteroatoms. The standard InChI is InChI=1S/C12H20N2O3S/c1-8-7-11(14-18(15,16)6-5-13)9(2)10(3)12(8)17-4/h7,14H,5-6,13H2,1-4H3. The highest BCUT2D eigenvalue weighted by molar-refractivity contribution is 7.92. The van der Waals surface area contributed by atoms with Gasteiger partial charge in [0.1, 0.15) is 5.75 Å². The maximum Gasteiger partial charge on any atom is 0.233 e. The maximum atomic E-state index is 11.7. The molecule has 102 valence electrons. The van der Waals surface area contributed by atoms with Gasteiger partial charge in [0.15, 0.2) is 0 Å². The monoisotopic (exact) mass is 272 g/mol. The zero-order chi connectivity index (χ0) is 13.9. The minimum Gasteiger partial charge on any atom is -0.496 e. The SMILES string of the molecule is COc1c(C)cc(NS(=O)(=O)CCN)c(C)c1C. The lowest BCUT2D eigenvalue weighted by Gasteiger charge is -2.16. The summed E-state index contributed by atoms with van der Waals surface area (Å²) in [7, 11) is -1.77. The van der Waals surface area contributed by atoms with Gasteiger partial charge in [-0.05, 0) is 43.5 Å². The number of anilines is 1. The summed E-state index contributed by atoms with van der Waals surface area (Å²) in [5, 5.41) is 0. The zero-order valence-corrected chi connectivity index (χ0v) is 12.0. The van der Waals surface area contributed by atoms with Gasteiger partial charge in [-0.1, -0.05) is 0 Å². The van der Waals surface area contributed by atoms with Gasteiger partial charge < -0.3 is 10.5 Å². The first-order valence-corrected chi connectivity index (χ1v) is 7.33. The van der Waals surface area contributed by atoms with Crippen molar-refractivity contribution in [2.24, 2.45) is 5.73 Å². The summed E-state index contributed by atoms with van der Waals surface area (Å²) < 4.78 is 31.3. The van der Waals surface area contributed by atoms with Crippen LogP contribution in [0.25, 0.3) is 0 Å². The van der Waals surface area contributed by atoms with Crippen LogP contribution in [-0.2, 0) is 10.0 Å². The molecular formula is C12H20N2O3S. The molecule has 1 aromatic carbocycles. The zero-order valence-electron chi connectivity index (χ0n) is 11.2. The summed E-state index contributed by atoms with van der Waals surface area (Å²) in [6.07, 6.45) is 0. The fourth-order valence-corrected chi connectivity index (χ4v) is 2.81. The second-order valence-electron chi connectivity index (χ2n) is 4.23. The van der Waals surface area contributed by atoms with Crippen molar-refractivity contribution in [3.8, 4) is 5.75 Å². The highest BCUT2D eigenvalue weighted by Crippen LogP contribution is 2.31. The van der Waals surface area contributed by atoms with Crippen molar-refractivity contribution in [3.63, 3.8) is 0 Å². The molecule has 1 aromatic rings. The Balaban J connectivity index is 3.20. The third-order valence-electron chi connectivity index (χ3n) is 2.88. The van der Waals surface area contributed by atoms with Gasteiger partial charge in [-0.2, -0.15) is 0 Å². The van der Waals surface area contributed by atoms with Gasteiger partial charge in [-0.25, -0.2) is 8.42 Å². The molecule has 0 spiro atoms. The normalized spacial score (nSPS) is 11.4. The summed E-state index contributed by atoms with van der Waals surface area (Å²) in [4.78, 5) is 0. The molecule has 0 radical (unpaired) electrons. The number of ether oxygens (including phenoxy) is 1. The molecule has 18 heavy (non-hydrogen) atoms. The first-order chi connectivity index (χ1) is 8.32. The largest absolute Gasteiger partial charge is 0.496 e. The van der Waals surface area contributed by atoms with Gasteiger partial charge in [0.05, 0.1) is 18.6 Å². The Kier molecular flexibility index (Phi) is 4.59. The van der Waals surface area contributed by atoms with E-state index in [1.165, 1.54) is 0 Å². The van der Waals surface area contributed by atoms with E-state index in [9.17, 15) is 8.42 Å². The Morgan fingerprint density at radius 3 is 2.39 bits per heavy atom. The van der Waals surface area contributed by atoms with Crippen molar-refractivity contribution in [2.75, 3.05) is 24.1 Å². The quantitative estimate of drug-likeness (QED) is 0.847. The maximum absolute atomic E-state index is 11.7. The number of sulfonamides is 1. The average molecular weight is 272 g/mol. The lowest BCUT2D eigenvalue weighted by Crippen LogP contribution is -2.23. The smallest absolute Gasteiger partial charge is 0.233 e. The molecule has 0 aliphatic heterocycles. The summed E-state index contributed by atoms with van der Waals surface area (Å²) in [5.41, 5.74) is 8.54. The van der Waals surface area contributed by atoms with Crippen molar-refractivity contribution >= 4 is 15.7 Å². The van der Waals surface area contributed by atoms with Gasteiger partial charge in [0, 0.05) is 6.54 Å². The van der Waals surface area contributed by atoms with Gasteiger partial charge in [-0.15, -0.1) is 0 Å². The van der Waals surface area contributed by atoms with Crippen molar-refractivity contribution in [1.82, 2.24) is 0 Å². The lowest BCUT2D eigenvalue weighted by molar-refractivity contribution is 0.408. The van der Waals surface area contributed by atoms with E-state index in [4.69, 9.17) is 10.5 Å². The molecule has 0 aromatic heterocycles. The second-order valence-corrected chi connectivity index (χ2v) is 6.08. The van der Waals surface area contributed by atoms with Gasteiger partial charge in [-0.3, -0.25) is 4.72 Å². The Morgan fingerprint density at radius 1 is 1.28 bits per heavy atom. The molecule has 0 amide bonds. The third kappa shape index (κ3) is 3.14. The van der Waals surface area contributed by atoms with E-state index in [-0.39, 0.29) is 12.3 Å². The molecule has 0 unspecified atom stereocenters. The number of methoxy groups -OCH3 is 1. The van der Waals surface area contributed by atoms with Crippen molar-refractivity contribution in [2.45, 2.75) is 20.8 Å². The molecule has 0 atom stereocenters. The Bertz CT molecular complexity index is 539. The Hall–Kier alpha value is -1.27. The van der Waals surface area contributed by atoms with Gasteiger partial charge in [0.2, 0.25) is 10.0 Å². The Labute approximate surface area is 108 Å². The van der Waals surface area contributed by atoms with Crippen LogP contribution in [-0.4, -0.2) is 27.8 Å². The van der Waals surface area contributed by atoms with Crippen LogP contribution < -0.4 is 15.2 Å². The number of rotatable bonds is 5. The number of aryl methyl sites for hydroxylation is 1. The average Bonchev–Trinajstić information content (AvgIpc) is 2.25. The van der Waals surface area contributed by atoms with Crippen LogP contribution in [0.15, 0.2) is 6.07 Å². The molecule has 0 fully saturated rings. The number of nitrogens with one attached hydrogen (secondary N) is 1. The number of nitrogens with two attached hydrogens (primary N) is 1. The van der Waals surface area contributed by atoms with Crippen LogP contribution in [0.3, 0.4) is 0 Å². The molecule has 0 saturated heterocycles. The van der Waals surface area contributed by atoms with Crippen molar-refractivity contribution in [1.29, 1.82) is 0 Å². The molecule has 0 heterocycles. The first kappa shape index (κ1) is 14.8. The highest BCUT2D eigenvalue weighted by Gasteiger charge is 2.15. The fraction of sp³-hybridized carbons (Fsp3) is 0.500. The number of hydrogen-bond acceptors (Lipinski definition) is 4. The second kappa shape index (κ2) is 5.58. The van der Waals surface area contributed by atoms with Gasteiger partial charge >= 0.3 is 0 Å². The van der Waals surface area contributed by atoms with E-state index in [1.807, 2.05) is 20.8 Å². The van der Waals surface area contributed by atoms with Gasteiger partial charge in [0.25, 0.3) is 0 Å². The lowest BCUT2D eigenvalue weighted by atomic mass is 10.0. The van der Waals surface area contributed by atoms with Crippen molar-refractivity contribution in [3.05, 3.63) is 22.8 Å². The summed E-state index contributed by atoms with van der Waals surface area (Å²) in [6.45, 7) is 5.74. The van der Waals surface area contributed by atoms with Crippen LogP contribution >= 0.6 is 0 Å². The van der Waals surface area contributed by atoms with E-state index in [0.29, 0.717) is 5.69 Å². The molecule has 0 aliphatic carbocycles. The topological polar surface area (TPSA) is 81.4 Å². The minimum absolute atomic E-state index is 0.0867. The summed E-state index contributed by atoms with van der Waals surface area (Å²) >= 11 is 0. The van der Waals surface area contributed by atoms with E-state index < -0.39 is 10.0 Å². The van der Waals surface area contributed by atoms with Crippen LogP contribution in [0.2, 0.25) is 0 Å².